The summed E-state index contributed by atoms with van der Waals surface area (Å²) in [5, 5.41) is 22.6. The van der Waals surface area contributed by atoms with E-state index in [-0.39, 0.29) is 10.7 Å². The molecule has 0 radical (unpaired) electrons. The molecule has 0 spiro atoms. The van der Waals surface area contributed by atoms with Crippen LogP contribution < -0.4 is 5.32 Å². The maximum Gasteiger partial charge on any atom is 0.271 e. The molecule has 0 amide bonds. The van der Waals surface area contributed by atoms with Crippen molar-refractivity contribution in [3.63, 3.8) is 0 Å². The zero-order chi connectivity index (χ0) is 11.4. The molecule has 0 unspecified atom stereocenters. The number of anilines is 1. The van der Waals surface area contributed by atoms with Gasteiger partial charge in [-0.25, -0.2) is 0 Å². The van der Waals surface area contributed by atoms with Crippen LogP contribution in [0.5, 0.6) is 0 Å². The van der Waals surface area contributed by atoms with Gasteiger partial charge in [0.25, 0.3) is 5.69 Å². The molecule has 0 saturated carbocycles. The number of halogens is 1. The Morgan fingerprint density at radius 3 is 2.80 bits per heavy atom. The highest BCUT2D eigenvalue weighted by atomic mass is 35.5. The van der Waals surface area contributed by atoms with Crippen molar-refractivity contribution in [2.75, 3.05) is 11.9 Å². The van der Waals surface area contributed by atoms with E-state index in [9.17, 15) is 10.1 Å². The molecule has 0 aliphatic rings. The maximum absolute atomic E-state index is 10.4. The molecule has 1 atom stereocenters. The molecule has 1 aromatic rings. The number of nitro benzene ring substituents is 1. The maximum atomic E-state index is 10.4. The second-order valence-electron chi connectivity index (χ2n) is 3.15. The van der Waals surface area contributed by atoms with Crippen molar-refractivity contribution in [1.82, 2.24) is 0 Å². The van der Waals surface area contributed by atoms with Gasteiger partial charge in [-0.2, -0.15) is 0 Å². The Bertz CT molecular complexity index is 368. The normalized spacial score (nSPS) is 12.2. The summed E-state index contributed by atoms with van der Waals surface area (Å²) in [6.45, 7) is 1.98. The molecule has 6 heteroatoms. The van der Waals surface area contributed by atoms with E-state index >= 15 is 0 Å². The largest absolute Gasteiger partial charge is 0.392 e. The summed E-state index contributed by atoms with van der Waals surface area (Å²) in [6, 6.07) is 4.14. The number of hydrogen-bond donors (Lipinski definition) is 2. The first kappa shape index (κ1) is 11.7. The van der Waals surface area contributed by atoms with E-state index in [1.807, 2.05) is 0 Å². The van der Waals surface area contributed by atoms with Gasteiger partial charge >= 0.3 is 0 Å². The van der Waals surface area contributed by atoms with Crippen molar-refractivity contribution >= 4 is 23.0 Å². The quantitative estimate of drug-likeness (QED) is 0.613. The van der Waals surface area contributed by atoms with Gasteiger partial charge in [0.05, 0.1) is 21.7 Å². The lowest BCUT2D eigenvalue weighted by atomic mass is 10.2. The molecule has 1 rings (SSSR count). The van der Waals surface area contributed by atoms with Crippen molar-refractivity contribution in [3.05, 3.63) is 33.3 Å². The van der Waals surface area contributed by atoms with Crippen molar-refractivity contribution in [1.29, 1.82) is 0 Å². The van der Waals surface area contributed by atoms with Gasteiger partial charge in [0.15, 0.2) is 0 Å². The van der Waals surface area contributed by atoms with Crippen LogP contribution >= 0.6 is 11.6 Å². The lowest BCUT2D eigenvalue weighted by molar-refractivity contribution is -0.384. The topological polar surface area (TPSA) is 75.4 Å². The first-order valence-electron chi connectivity index (χ1n) is 4.36. The molecule has 0 heterocycles. The standard InChI is InChI=1S/C9H11ClN2O3/c1-6(13)5-11-9-3-2-7(12(14)15)4-8(9)10/h2-4,6,11,13H,5H2,1H3/t6-/m0/s1. The molecule has 5 nitrogen and oxygen atoms in total. The lowest BCUT2D eigenvalue weighted by Gasteiger charge is -2.09. The van der Waals surface area contributed by atoms with Gasteiger partial charge in [0.1, 0.15) is 0 Å². The second kappa shape index (κ2) is 4.95. The Balaban J connectivity index is 2.79. The van der Waals surface area contributed by atoms with Gasteiger partial charge in [0, 0.05) is 18.7 Å². The number of non-ortho nitro benzene ring substituents is 1. The summed E-state index contributed by atoms with van der Waals surface area (Å²) in [4.78, 5) is 9.91. The van der Waals surface area contributed by atoms with Crippen LogP contribution in [0, 0.1) is 10.1 Å². The average Bonchev–Trinajstić information content (AvgIpc) is 2.15. The minimum Gasteiger partial charge on any atom is -0.392 e. The van der Waals surface area contributed by atoms with Gasteiger partial charge < -0.3 is 10.4 Å². The Morgan fingerprint density at radius 1 is 1.67 bits per heavy atom. The summed E-state index contributed by atoms with van der Waals surface area (Å²) < 4.78 is 0. The molecule has 0 aromatic heterocycles. The first-order valence-corrected chi connectivity index (χ1v) is 4.74. The van der Waals surface area contributed by atoms with E-state index < -0.39 is 11.0 Å². The Kier molecular flexibility index (Phi) is 3.88. The smallest absolute Gasteiger partial charge is 0.271 e. The number of benzene rings is 1. The first-order chi connectivity index (χ1) is 7.00. The third-order valence-corrected chi connectivity index (χ3v) is 2.06. The third kappa shape index (κ3) is 3.38. The van der Waals surface area contributed by atoms with Crippen LogP contribution in [0.1, 0.15) is 6.92 Å². The number of aliphatic hydroxyl groups excluding tert-OH is 1. The molecule has 0 fully saturated rings. The van der Waals surface area contributed by atoms with E-state index in [1.54, 1.807) is 6.92 Å². The van der Waals surface area contributed by atoms with Crippen molar-refractivity contribution < 1.29 is 10.0 Å². The third-order valence-electron chi connectivity index (χ3n) is 1.75. The molecule has 0 saturated heterocycles. The van der Waals surface area contributed by atoms with E-state index in [0.29, 0.717) is 12.2 Å². The van der Waals surface area contributed by atoms with Crippen molar-refractivity contribution in [2.24, 2.45) is 0 Å². The fourth-order valence-electron chi connectivity index (χ4n) is 1.02. The highest BCUT2D eigenvalue weighted by Crippen LogP contribution is 2.26. The van der Waals surface area contributed by atoms with Crippen LogP contribution in [0.3, 0.4) is 0 Å². The predicted molar refractivity (Wildman–Crippen MR) is 58.3 cm³/mol. The number of aliphatic hydroxyl groups is 1. The number of rotatable bonds is 4. The van der Waals surface area contributed by atoms with Crippen LogP contribution in [0.4, 0.5) is 11.4 Å². The van der Waals surface area contributed by atoms with E-state index in [2.05, 4.69) is 5.32 Å². The molecule has 0 aliphatic carbocycles. The Hall–Kier alpha value is -1.33. The monoisotopic (exact) mass is 230 g/mol. The molecule has 82 valence electrons. The molecule has 2 N–H and O–H groups in total. The number of nitro groups is 1. The van der Waals surface area contributed by atoms with Crippen LogP contribution in [-0.2, 0) is 0 Å². The van der Waals surface area contributed by atoms with Gasteiger partial charge in [-0.3, -0.25) is 10.1 Å². The number of nitrogens with zero attached hydrogens (tertiary/aromatic N) is 1. The second-order valence-corrected chi connectivity index (χ2v) is 3.56. The number of hydrogen-bond acceptors (Lipinski definition) is 4. The predicted octanol–water partition coefficient (Wildman–Crippen LogP) is 2.04. The molecule has 0 aliphatic heterocycles. The molecule has 1 aromatic carbocycles. The lowest BCUT2D eigenvalue weighted by Crippen LogP contribution is -2.15. The SMILES string of the molecule is C[C@H](O)CNc1ccc([N+](=O)[O-])cc1Cl. The summed E-state index contributed by atoms with van der Waals surface area (Å²) >= 11 is 5.81. The van der Waals surface area contributed by atoms with Crippen LogP contribution in [-0.4, -0.2) is 22.7 Å². The van der Waals surface area contributed by atoms with Gasteiger partial charge in [-0.1, -0.05) is 11.6 Å². The molecular weight excluding hydrogens is 220 g/mol. The zero-order valence-corrected chi connectivity index (χ0v) is 8.86. The van der Waals surface area contributed by atoms with Crippen LogP contribution in [0.25, 0.3) is 0 Å². The van der Waals surface area contributed by atoms with E-state index in [1.165, 1.54) is 18.2 Å². The van der Waals surface area contributed by atoms with Gasteiger partial charge in [-0.05, 0) is 13.0 Å². The summed E-state index contributed by atoms with van der Waals surface area (Å²) in [6.07, 6.45) is -0.503. The summed E-state index contributed by atoms with van der Waals surface area (Å²) in [5.74, 6) is 0. The minimum atomic E-state index is -0.510. The highest BCUT2D eigenvalue weighted by molar-refractivity contribution is 6.33. The van der Waals surface area contributed by atoms with Crippen molar-refractivity contribution in [3.8, 4) is 0 Å². The average molecular weight is 231 g/mol. The Labute approximate surface area is 91.8 Å². The molecule has 0 bridgehead atoms. The van der Waals surface area contributed by atoms with Crippen LogP contribution in [0.2, 0.25) is 5.02 Å². The van der Waals surface area contributed by atoms with E-state index in [4.69, 9.17) is 16.7 Å². The zero-order valence-electron chi connectivity index (χ0n) is 8.11. The Morgan fingerprint density at radius 2 is 2.33 bits per heavy atom. The van der Waals surface area contributed by atoms with Crippen LogP contribution in [0.15, 0.2) is 18.2 Å². The van der Waals surface area contributed by atoms with Crippen molar-refractivity contribution in [2.45, 2.75) is 13.0 Å². The summed E-state index contributed by atoms with van der Waals surface area (Å²) in [7, 11) is 0. The summed E-state index contributed by atoms with van der Waals surface area (Å²) in [5.41, 5.74) is 0.519. The fraction of sp³-hybridized carbons (Fsp3) is 0.333. The van der Waals surface area contributed by atoms with E-state index in [0.717, 1.165) is 0 Å². The minimum absolute atomic E-state index is 0.0532. The number of nitrogens with one attached hydrogen (secondary N) is 1. The molecule has 15 heavy (non-hydrogen) atoms. The molecular formula is C9H11ClN2O3. The van der Waals surface area contributed by atoms with Gasteiger partial charge in [-0.15, -0.1) is 0 Å². The van der Waals surface area contributed by atoms with Gasteiger partial charge in [0.2, 0.25) is 0 Å². The fourth-order valence-corrected chi connectivity index (χ4v) is 1.26. The highest BCUT2D eigenvalue weighted by Gasteiger charge is 2.09.